The van der Waals surface area contributed by atoms with Crippen LogP contribution in [0, 0.1) is 0 Å². The number of hydrogen-bond acceptors (Lipinski definition) is 8. The molecule has 2 aromatic carbocycles. The third-order valence-electron chi connectivity index (χ3n) is 4.43. The monoisotopic (exact) mass is 390 g/mol. The first-order chi connectivity index (χ1) is 13.5. The van der Waals surface area contributed by atoms with Crippen molar-refractivity contribution in [1.82, 2.24) is 0 Å². The van der Waals surface area contributed by atoms with Crippen LogP contribution in [0.25, 0.3) is 0 Å². The van der Waals surface area contributed by atoms with Gasteiger partial charge in [-0.15, -0.1) is 0 Å². The molecule has 5 atom stereocenters. The molecular weight excluding hydrogens is 368 g/mol. The van der Waals surface area contributed by atoms with Crippen LogP contribution >= 0.6 is 0 Å². The van der Waals surface area contributed by atoms with E-state index in [-0.39, 0.29) is 12.4 Å². The van der Waals surface area contributed by atoms with Crippen molar-refractivity contribution >= 4 is 5.97 Å². The van der Waals surface area contributed by atoms with Crippen molar-refractivity contribution in [3.05, 3.63) is 65.7 Å². The normalized spacial score (nSPS) is 27.2. The Kier molecular flexibility index (Phi) is 6.61. The minimum absolute atomic E-state index is 0.0820. The van der Waals surface area contributed by atoms with Gasteiger partial charge >= 0.3 is 5.97 Å². The maximum atomic E-state index is 12.1. The van der Waals surface area contributed by atoms with Crippen LogP contribution in [-0.2, 0) is 16.1 Å². The Balaban J connectivity index is 1.69. The molecule has 8 heteroatoms. The summed E-state index contributed by atoms with van der Waals surface area (Å²) in [4.78, 5) is 12.1. The van der Waals surface area contributed by atoms with Gasteiger partial charge in [0.1, 0.15) is 36.8 Å². The zero-order valence-electron chi connectivity index (χ0n) is 14.9. The Hall–Kier alpha value is -2.49. The van der Waals surface area contributed by atoms with Crippen LogP contribution in [-0.4, -0.2) is 63.7 Å². The minimum Gasteiger partial charge on any atom is -0.462 e. The lowest BCUT2D eigenvalue weighted by Gasteiger charge is -2.39. The van der Waals surface area contributed by atoms with Crippen molar-refractivity contribution < 1.29 is 39.4 Å². The first-order valence-electron chi connectivity index (χ1n) is 8.78. The zero-order chi connectivity index (χ0) is 20.1. The summed E-state index contributed by atoms with van der Waals surface area (Å²) >= 11 is 0. The molecule has 0 unspecified atom stereocenters. The number of carbonyl (C=O) groups is 1. The number of para-hydroxylation sites is 1. The van der Waals surface area contributed by atoms with Crippen molar-refractivity contribution in [2.75, 3.05) is 6.61 Å². The molecular formula is C20H22O8. The van der Waals surface area contributed by atoms with Gasteiger partial charge in [-0.25, -0.2) is 4.79 Å². The molecule has 0 spiro atoms. The number of aliphatic hydroxyl groups excluding tert-OH is 4. The number of benzene rings is 2. The maximum Gasteiger partial charge on any atom is 0.338 e. The second-order valence-corrected chi connectivity index (χ2v) is 6.37. The Labute approximate surface area is 161 Å². The summed E-state index contributed by atoms with van der Waals surface area (Å²) in [6.45, 7) is -0.636. The van der Waals surface area contributed by atoms with Gasteiger partial charge in [-0.05, 0) is 18.2 Å². The number of ether oxygens (including phenoxy) is 3. The average Bonchev–Trinajstić information content (AvgIpc) is 2.73. The number of esters is 1. The zero-order valence-corrected chi connectivity index (χ0v) is 14.9. The van der Waals surface area contributed by atoms with E-state index in [9.17, 15) is 25.2 Å². The van der Waals surface area contributed by atoms with Gasteiger partial charge in [-0.2, -0.15) is 0 Å². The Morgan fingerprint density at radius 2 is 1.61 bits per heavy atom. The molecule has 1 aliphatic heterocycles. The van der Waals surface area contributed by atoms with Crippen molar-refractivity contribution in [2.45, 2.75) is 37.3 Å². The lowest BCUT2D eigenvalue weighted by atomic mass is 9.99. The summed E-state index contributed by atoms with van der Waals surface area (Å²) < 4.78 is 16.3. The van der Waals surface area contributed by atoms with E-state index in [4.69, 9.17) is 14.2 Å². The minimum atomic E-state index is -1.54. The van der Waals surface area contributed by atoms with Gasteiger partial charge in [-0.1, -0.05) is 36.4 Å². The number of rotatable bonds is 6. The van der Waals surface area contributed by atoms with Crippen molar-refractivity contribution in [3.63, 3.8) is 0 Å². The predicted molar refractivity (Wildman–Crippen MR) is 96.4 cm³/mol. The SMILES string of the molecule is O=C(OCc1ccccc1O[C@@H]1O[C@H](CO)[C@@H](O)[C@H](O)[C@H]1O)c1ccccc1. The first-order valence-corrected chi connectivity index (χ1v) is 8.78. The van der Waals surface area contributed by atoms with E-state index in [1.54, 1.807) is 54.6 Å². The molecule has 2 aromatic rings. The fraction of sp³-hybridized carbons (Fsp3) is 0.350. The van der Waals surface area contributed by atoms with Crippen molar-refractivity contribution in [3.8, 4) is 5.75 Å². The van der Waals surface area contributed by atoms with Crippen LogP contribution in [0.15, 0.2) is 54.6 Å². The molecule has 28 heavy (non-hydrogen) atoms. The van der Waals surface area contributed by atoms with Crippen LogP contribution in [0.5, 0.6) is 5.75 Å². The standard InChI is InChI=1S/C20H22O8/c21-10-15-16(22)17(23)18(24)20(28-15)27-14-9-5-4-8-13(14)11-26-19(25)12-6-2-1-3-7-12/h1-9,15-18,20-24H,10-11H2/t15-,16-,17+,18-,20-/m1/s1. The molecule has 0 aliphatic carbocycles. The highest BCUT2D eigenvalue weighted by molar-refractivity contribution is 5.89. The summed E-state index contributed by atoms with van der Waals surface area (Å²) in [5.74, 6) is -0.226. The fourth-order valence-electron chi connectivity index (χ4n) is 2.83. The first kappa shape index (κ1) is 20.2. The quantitative estimate of drug-likeness (QED) is 0.516. The van der Waals surface area contributed by atoms with E-state index in [1.807, 2.05) is 0 Å². The van der Waals surface area contributed by atoms with Crippen LogP contribution < -0.4 is 4.74 Å². The van der Waals surface area contributed by atoms with E-state index in [0.29, 0.717) is 11.1 Å². The van der Waals surface area contributed by atoms with Gasteiger partial charge in [0.2, 0.25) is 6.29 Å². The highest BCUT2D eigenvalue weighted by Crippen LogP contribution is 2.27. The number of carbonyl (C=O) groups excluding carboxylic acids is 1. The Morgan fingerprint density at radius 3 is 2.32 bits per heavy atom. The molecule has 1 aliphatic rings. The molecule has 0 saturated carbocycles. The van der Waals surface area contributed by atoms with Gasteiger partial charge in [0.25, 0.3) is 0 Å². The third kappa shape index (κ3) is 4.49. The van der Waals surface area contributed by atoms with E-state index in [0.717, 1.165) is 0 Å². The van der Waals surface area contributed by atoms with E-state index in [1.165, 1.54) is 0 Å². The number of aliphatic hydroxyl groups is 4. The lowest BCUT2D eigenvalue weighted by Crippen LogP contribution is -2.60. The smallest absolute Gasteiger partial charge is 0.338 e. The molecule has 1 heterocycles. The predicted octanol–water partition coefficient (Wildman–Crippen LogP) is 0.222. The third-order valence-corrected chi connectivity index (χ3v) is 4.43. The summed E-state index contributed by atoms with van der Waals surface area (Å²) in [5.41, 5.74) is 0.929. The number of hydrogen-bond donors (Lipinski definition) is 4. The van der Waals surface area contributed by atoms with Gasteiger partial charge in [0.15, 0.2) is 0 Å². The molecule has 1 saturated heterocycles. The molecule has 8 nitrogen and oxygen atoms in total. The fourth-order valence-corrected chi connectivity index (χ4v) is 2.83. The summed E-state index contributed by atoms with van der Waals surface area (Å²) in [5, 5.41) is 39.1. The average molecular weight is 390 g/mol. The second kappa shape index (κ2) is 9.13. The van der Waals surface area contributed by atoms with Gasteiger partial charge in [0, 0.05) is 5.56 Å². The second-order valence-electron chi connectivity index (χ2n) is 6.37. The van der Waals surface area contributed by atoms with Crippen molar-refractivity contribution in [2.24, 2.45) is 0 Å². The molecule has 0 aromatic heterocycles. The van der Waals surface area contributed by atoms with E-state index in [2.05, 4.69) is 0 Å². The molecule has 0 bridgehead atoms. The topological polar surface area (TPSA) is 126 Å². The van der Waals surface area contributed by atoms with Gasteiger partial charge < -0.3 is 34.6 Å². The summed E-state index contributed by atoms with van der Waals surface area (Å²) in [7, 11) is 0. The van der Waals surface area contributed by atoms with Crippen LogP contribution in [0.2, 0.25) is 0 Å². The molecule has 1 fully saturated rings. The molecule has 4 N–H and O–H groups in total. The Bertz CT molecular complexity index is 779. The van der Waals surface area contributed by atoms with Crippen LogP contribution in [0.4, 0.5) is 0 Å². The van der Waals surface area contributed by atoms with Gasteiger partial charge in [0.05, 0.1) is 12.2 Å². The molecule has 0 radical (unpaired) electrons. The highest BCUT2D eigenvalue weighted by atomic mass is 16.7. The van der Waals surface area contributed by atoms with Gasteiger partial charge in [-0.3, -0.25) is 0 Å². The largest absolute Gasteiger partial charge is 0.462 e. The summed E-state index contributed by atoms with van der Waals surface area (Å²) in [6, 6.07) is 15.2. The summed E-state index contributed by atoms with van der Waals surface area (Å²) in [6.07, 6.45) is -6.94. The Morgan fingerprint density at radius 1 is 0.929 bits per heavy atom. The van der Waals surface area contributed by atoms with Crippen LogP contribution in [0.3, 0.4) is 0 Å². The van der Waals surface area contributed by atoms with E-state index < -0.39 is 43.3 Å². The van der Waals surface area contributed by atoms with Crippen LogP contribution in [0.1, 0.15) is 15.9 Å². The van der Waals surface area contributed by atoms with Crippen molar-refractivity contribution in [1.29, 1.82) is 0 Å². The highest BCUT2D eigenvalue weighted by Gasteiger charge is 2.44. The lowest BCUT2D eigenvalue weighted by molar-refractivity contribution is -0.277. The van der Waals surface area contributed by atoms with E-state index >= 15 is 0 Å². The molecule has 3 rings (SSSR count). The molecule has 150 valence electrons. The maximum absolute atomic E-state index is 12.1. The molecule has 0 amide bonds.